The molecule has 2 atom stereocenters. The fourth-order valence-corrected chi connectivity index (χ4v) is 3.02. The van der Waals surface area contributed by atoms with Gasteiger partial charge in [0.05, 0.1) is 13.2 Å². The molecule has 0 unspecified atom stereocenters. The fourth-order valence-electron chi connectivity index (χ4n) is 3.02. The molecule has 6 nitrogen and oxygen atoms in total. The van der Waals surface area contributed by atoms with Gasteiger partial charge in [-0.3, -0.25) is 9.59 Å². The number of rotatable bonds is 15. The van der Waals surface area contributed by atoms with E-state index in [2.05, 4.69) is 27.7 Å². The van der Waals surface area contributed by atoms with E-state index in [0.29, 0.717) is 63.8 Å². The molecule has 0 aliphatic heterocycles. The third kappa shape index (κ3) is 14.1. The van der Waals surface area contributed by atoms with Gasteiger partial charge in [-0.15, -0.1) is 0 Å². The number of esters is 2. The lowest BCUT2D eigenvalue weighted by Crippen LogP contribution is -2.22. The van der Waals surface area contributed by atoms with E-state index in [-0.39, 0.29) is 23.8 Å². The molecule has 0 bridgehead atoms. The Hall–Kier alpha value is -1.14. The summed E-state index contributed by atoms with van der Waals surface area (Å²) in [4.78, 5) is 23.6. The van der Waals surface area contributed by atoms with E-state index in [1.165, 1.54) is 0 Å². The average molecular weight is 373 g/mol. The Morgan fingerprint density at radius 3 is 1.35 bits per heavy atom. The molecule has 4 N–H and O–H groups in total. The van der Waals surface area contributed by atoms with Crippen molar-refractivity contribution in [2.45, 2.75) is 66.2 Å². The Labute approximate surface area is 159 Å². The molecule has 0 aromatic rings. The van der Waals surface area contributed by atoms with Crippen molar-refractivity contribution in [2.24, 2.45) is 35.1 Å². The molecule has 26 heavy (non-hydrogen) atoms. The molecular weight excluding hydrogens is 332 g/mol. The Morgan fingerprint density at radius 1 is 0.731 bits per heavy atom. The minimum absolute atomic E-state index is 0.185. The van der Waals surface area contributed by atoms with Crippen molar-refractivity contribution in [2.75, 3.05) is 26.3 Å². The average Bonchev–Trinajstić information content (AvgIpc) is 2.55. The van der Waals surface area contributed by atoms with Crippen LogP contribution in [0.3, 0.4) is 0 Å². The van der Waals surface area contributed by atoms with E-state index < -0.39 is 0 Å². The normalized spacial score (nSPS) is 13.7. The highest BCUT2D eigenvalue weighted by Gasteiger charge is 2.16. The van der Waals surface area contributed by atoms with E-state index in [0.717, 1.165) is 12.8 Å². The van der Waals surface area contributed by atoms with Gasteiger partial charge in [0.25, 0.3) is 0 Å². The molecule has 0 aromatic carbocycles. The number of hydrogen-bond acceptors (Lipinski definition) is 6. The Kier molecular flexibility index (Phi) is 14.3. The van der Waals surface area contributed by atoms with E-state index in [4.69, 9.17) is 20.9 Å². The van der Waals surface area contributed by atoms with Crippen molar-refractivity contribution in [1.29, 1.82) is 0 Å². The van der Waals surface area contributed by atoms with Crippen molar-refractivity contribution in [1.82, 2.24) is 0 Å². The second-order valence-corrected chi connectivity index (χ2v) is 8.02. The second kappa shape index (κ2) is 15.0. The van der Waals surface area contributed by atoms with E-state index in [1.54, 1.807) is 0 Å². The summed E-state index contributed by atoms with van der Waals surface area (Å²) in [5, 5.41) is 0. The molecule has 0 saturated heterocycles. The second-order valence-electron chi connectivity index (χ2n) is 8.02. The zero-order valence-electron chi connectivity index (χ0n) is 17.2. The standard InChI is InChI=1S/C20H40N2O4/c1-15(2)9-17(13-21)11-19(23)25-7-5-6-8-26-20(24)12-18(14-22)10-16(3)4/h15-18H,5-14,21-22H2,1-4H3/t17-,18+. The van der Waals surface area contributed by atoms with Gasteiger partial charge in [-0.2, -0.15) is 0 Å². The first-order valence-electron chi connectivity index (χ1n) is 9.99. The molecular formula is C20H40N2O4. The van der Waals surface area contributed by atoms with Crippen LogP contribution in [0.5, 0.6) is 0 Å². The smallest absolute Gasteiger partial charge is 0.306 e. The van der Waals surface area contributed by atoms with Crippen molar-refractivity contribution >= 4 is 11.9 Å². The molecule has 0 saturated carbocycles. The highest BCUT2D eigenvalue weighted by atomic mass is 16.5. The molecule has 0 aliphatic carbocycles. The van der Waals surface area contributed by atoms with Gasteiger partial charge in [0.1, 0.15) is 0 Å². The predicted molar refractivity (Wildman–Crippen MR) is 104 cm³/mol. The lowest BCUT2D eigenvalue weighted by molar-refractivity contribution is -0.147. The topological polar surface area (TPSA) is 105 Å². The molecule has 154 valence electrons. The first-order valence-corrected chi connectivity index (χ1v) is 9.99. The Morgan fingerprint density at radius 2 is 1.08 bits per heavy atom. The van der Waals surface area contributed by atoms with Crippen molar-refractivity contribution in [3.63, 3.8) is 0 Å². The zero-order chi connectivity index (χ0) is 19.9. The van der Waals surface area contributed by atoms with Crippen LogP contribution >= 0.6 is 0 Å². The van der Waals surface area contributed by atoms with Gasteiger partial charge < -0.3 is 20.9 Å². The molecule has 0 spiro atoms. The number of nitrogens with two attached hydrogens (primary N) is 2. The van der Waals surface area contributed by atoms with Gasteiger partial charge in [0.2, 0.25) is 0 Å². The maximum Gasteiger partial charge on any atom is 0.306 e. The van der Waals surface area contributed by atoms with Crippen LogP contribution in [0.15, 0.2) is 0 Å². The van der Waals surface area contributed by atoms with Crippen molar-refractivity contribution in [3.8, 4) is 0 Å². The van der Waals surface area contributed by atoms with Gasteiger partial charge in [-0.1, -0.05) is 27.7 Å². The lowest BCUT2D eigenvalue weighted by Gasteiger charge is -2.16. The van der Waals surface area contributed by atoms with Gasteiger partial charge in [0, 0.05) is 12.8 Å². The third-order valence-corrected chi connectivity index (χ3v) is 4.25. The lowest BCUT2D eigenvalue weighted by atomic mass is 9.94. The largest absolute Gasteiger partial charge is 0.466 e. The Balaban J connectivity index is 3.76. The minimum atomic E-state index is -0.197. The van der Waals surface area contributed by atoms with Gasteiger partial charge in [0.15, 0.2) is 0 Å². The molecule has 0 heterocycles. The molecule has 0 aromatic heterocycles. The summed E-state index contributed by atoms with van der Waals surface area (Å²) < 4.78 is 10.5. The quantitative estimate of drug-likeness (QED) is 0.338. The molecule has 0 amide bonds. The molecule has 0 fully saturated rings. The van der Waals surface area contributed by atoms with E-state index >= 15 is 0 Å². The van der Waals surface area contributed by atoms with Crippen LogP contribution in [-0.4, -0.2) is 38.2 Å². The van der Waals surface area contributed by atoms with E-state index in [9.17, 15) is 9.59 Å². The number of carbonyl (C=O) groups is 2. The van der Waals surface area contributed by atoms with Crippen LogP contribution in [-0.2, 0) is 19.1 Å². The highest BCUT2D eigenvalue weighted by Crippen LogP contribution is 2.16. The molecule has 0 aliphatic rings. The summed E-state index contributed by atoms with van der Waals surface area (Å²) in [6.07, 6.45) is 3.98. The molecule has 0 rings (SSSR count). The zero-order valence-corrected chi connectivity index (χ0v) is 17.2. The van der Waals surface area contributed by atoms with Gasteiger partial charge in [-0.25, -0.2) is 0 Å². The summed E-state index contributed by atoms with van der Waals surface area (Å²) in [6.45, 7) is 10.2. The van der Waals surface area contributed by atoms with Crippen molar-refractivity contribution < 1.29 is 19.1 Å². The third-order valence-electron chi connectivity index (χ3n) is 4.25. The number of hydrogen-bond donors (Lipinski definition) is 2. The summed E-state index contributed by atoms with van der Waals surface area (Å²) in [6, 6.07) is 0. The molecule has 6 heteroatoms. The summed E-state index contributed by atoms with van der Waals surface area (Å²) in [5.41, 5.74) is 11.4. The number of carbonyl (C=O) groups excluding carboxylic acids is 2. The van der Waals surface area contributed by atoms with E-state index in [1.807, 2.05) is 0 Å². The monoisotopic (exact) mass is 372 g/mol. The van der Waals surface area contributed by atoms with Gasteiger partial charge in [-0.05, 0) is 62.4 Å². The fraction of sp³-hybridized carbons (Fsp3) is 0.900. The number of ether oxygens (including phenoxy) is 2. The predicted octanol–water partition coefficient (Wildman–Crippen LogP) is 2.88. The molecule has 0 radical (unpaired) electrons. The highest BCUT2D eigenvalue weighted by molar-refractivity contribution is 5.70. The maximum atomic E-state index is 11.8. The van der Waals surface area contributed by atoms with Crippen molar-refractivity contribution in [3.05, 3.63) is 0 Å². The van der Waals surface area contributed by atoms with Crippen LogP contribution < -0.4 is 11.5 Å². The van der Waals surface area contributed by atoms with Crippen LogP contribution in [0.2, 0.25) is 0 Å². The first-order chi connectivity index (χ1) is 12.3. The summed E-state index contributed by atoms with van der Waals surface area (Å²) >= 11 is 0. The summed E-state index contributed by atoms with van der Waals surface area (Å²) in [5.74, 6) is 1.01. The Bertz CT molecular complexity index is 350. The van der Waals surface area contributed by atoms with Crippen LogP contribution in [0, 0.1) is 23.7 Å². The maximum absolute atomic E-state index is 11.8. The number of unbranched alkanes of at least 4 members (excludes halogenated alkanes) is 1. The minimum Gasteiger partial charge on any atom is -0.466 e. The van der Waals surface area contributed by atoms with Crippen LogP contribution in [0.1, 0.15) is 66.2 Å². The summed E-state index contributed by atoms with van der Waals surface area (Å²) in [7, 11) is 0. The first kappa shape index (κ1) is 24.9. The SMILES string of the molecule is CC(C)C[C@H](CN)CC(=O)OCCCCOC(=O)C[C@H](CN)CC(C)C. The van der Waals surface area contributed by atoms with Crippen LogP contribution in [0.4, 0.5) is 0 Å². The van der Waals surface area contributed by atoms with Gasteiger partial charge >= 0.3 is 11.9 Å². The van der Waals surface area contributed by atoms with Crippen LogP contribution in [0.25, 0.3) is 0 Å².